The van der Waals surface area contributed by atoms with E-state index < -0.39 is 12.3 Å². The van der Waals surface area contributed by atoms with Gasteiger partial charge in [0.1, 0.15) is 4.88 Å². The smallest absolute Gasteiger partial charge is 0.350 e. The van der Waals surface area contributed by atoms with Crippen LogP contribution in [-0.4, -0.2) is 45.0 Å². The highest BCUT2D eigenvalue weighted by Gasteiger charge is 2.29. The lowest BCUT2D eigenvalue weighted by Crippen LogP contribution is -2.38. The molecular formula is C19H21NO5S. The van der Waals surface area contributed by atoms with Crippen LogP contribution in [0.25, 0.3) is 10.4 Å². The number of anilines is 1. The van der Waals surface area contributed by atoms with Crippen LogP contribution in [0.5, 0.6) is 0 Å². The van der Waals surface area contributed by atoms with E-state index in [-0.39, 0.29) is 12.5 Å². The molecule has 0 atom stereocenters. The highest BCUT2D eigenvalue weighted by atomic mass is 32.1. The van der Waals surface area contributed by atoms with Crippen LogP contribution in [0.3, 0.4) is 0 Å². The summed E-state index contributed by atoms with van der Waals surface area (Å²) in [5, 5.41) is 0. The summed E-state index contributed by atoms with van der Waals surface area (Å²) in [5.74, 6) is -0.569. The van der Waals surface area contributed by atoms with Crippen LogP contribution < -0.4 is 4.90 Å². The zero-order valence-corrected chi connectivity index (χ0v) is 15.6. The van der Waals surface area contributed by atoms with Crippen molar-refractivity contribution in [2.45, 2.75) is 19.6 Å². The second-order valence-electron chi connectivity index (χ2n) is 5.71. The molecule has 2 aromatic rings. The zero-order valence-electron chi connectivity index (χ0n) is 14.8. The highest BCUT2D eigenvalue weighted by Crippen LogP contribution is 2.38. The molecule has 1 amide bonds. The van der Waals surface area contributed by atoms with Gasteiger partial charge in [0.15, 0.2) is 6.29 Å². The summed E-state index contributed by atoms with van der Waals surface area (Å²) in [5.41, 5.74) is 1.51. The number of rotatable bonds is 6. The van der Waals surface area contributed by atoms with Gasteiger partial charge in [-0.2, -0.15) is 0 Å². The third-order valence-electron chi connectivity index (χ3n) is 4.06. The molecule has 1 fully saturated rings. The molecule has 0 aliphatic carbocycles. The molecule has 1 aliphatic rings. The molecule has 1 aromatic heterocycles. The van der Waals surface area contributed by atoms with Gasteiger partial charge < -0.3 is 19.1 Å². The number of amides is 1. The third-order valence-corrected chi connectivity index (χ3v) is 5.21. The number of methoxy groups -OCH3 is 1. The lowest BCUT2D eigenvalue weighted by atomic mass is 10.2. The van der Waals surface area contributed by atoms with Crippen LogP contribution in [0, 0.1) is 0 Å². The molecular weight excluding hydrogens is 354 g/mol. The van der Waals surface area contributed by atoms with E-state index in [9.17, 15) is 9.59 Å². The van der Waals surface area contributed by atoms with Gasteiger partial charge in [-0.1, -0.05) is 37.3 Å². The third kappa shape index (κ3) is 3.95. The predicted molar refractivity (Wildman–Crippen MR) is 99.4 cm³/mol. The summed E-state index contributed by atoms with van der Waals surface area (Å²) in [4.78, 5) is 27.7. The topological polar surface area (TPSA) is 65.1 Å². The Morgan fingerprint density at radius 2 is 1.92 bits per heavy atom. The van der Waals surface area contributed by atoms with Crippen molar-refractivity contribution < 1.29 is 23.8 Å². The Morgan fingerprint density at radius 1 is 1.23 bits per heavy atom. The van der Waals surface area contributed by atoms with E-state index in [1.165, 1.54) is 18.4 Å². The lowest BCUT2D eigenvalue weighted by molar-refractivity contribution is -0.119. The zero-order chi connectivity index (χ0) is 18.5. The molecule has 3 rings (SSSR count). The second kappa shape index (κ2) is 8.44. The molecule has 0 N–H and O–H groups in total. The first kappa shape index (κ1) is 18.6. The van der Waals surface area contributed by atoms with Crippen LogP contribution in [-0.2, 0) is 19.0 Å². The molecule has 1 saturated heterocycles. The van der Waals surface area contributed by atoms with E-state index in [2.05, 4.69) is 0 Å². The standard InChI is InChI=1S/C19H21NO5S/c1-3-16(21)20(12-17-24-9-10-25-17)14-11-15(13-7-5-4-6-8-13)26-18(14)19(22)23-2/h4-8,11,17H,3,9-10,12H2,1-2H3. The first-order valence-electron chi connectivity index (χ1n) is 8.45. The van der Waals surface area contributed by atoms with E-state index in [4.69, 9.17) is 14.2 Å². The summed E-state index contributed by atoms with van der Waals surface area (Å²) in [6, 6.07) is 11.6. The molecule has 0 saturated carbocycles. The molecule has 0 radical (unpaired) electrons. The van der Waals surface area contributed by atoms with Gasteiger partial charge in [0, 0.05) is 11.3 Å². The Hall–Kier alpha value is -2.22. The number of nitrogens with zero attached hydrogens (tertiary/aromatic N) is 1. The summed E-state index contributed by atoms with van der Waals surface area (Å²) < 4.78 is 15.9. The Balaban J connectivity index is 2.01. The van der Waals surface area contributed by atoms with Gasteiger partial charge in [-0.05, 0) is 11.6 Å². The molecule has 6 nitrogen and oxygen atoms in total. The summed E-state index contributed by atoms with van der Waals surface area (Å²) >= 11 is 1.31. The first-order valence-corrected chi connectivity index (χ1v) is 9.26. The van der Waals surface area contributed by atoms with E-state index in [0.29, 0.717) is 30.2 Å². The molecule has 0 unspecified atom stereocenters. The quantitative estimate of drug-likeness (QED) is 0.725. The maximum absolute atomic E-state index is 12.6. The number of esters is 1. The number of hydrogen-bond acceptors (Lipinski definition) is 6. The van der Waals surface area contributed by atoms with E-state index >= 15 is 0 Å². The van der Waals surface area contributed by atoms with Crippen LogP contribution >= 0.6 is 11.3 Å². The summed E-state index contributed by atoms with van der Waals surface area (Å²) in [7, 11) is 1.34. The molecule has 1 aromatic carbocycles. The first-order chi connectivity index (χ1) is 12.6. The fraction of sp³-hybridized carbons (Fsp3) is 0.368. The maximum atomic E-state index is 12.6. The fourth-order valence-corrected chi connectivity index (χ4v) is 3.84. The van der Waals surface area contributed by atoms with Gasteiger partial charge in [-0.15, -0.1) is 11.3 Å². The van der Waals surface area contributed by atoms with Crippen molar-refractivity contribution >= 4 is 28.9 Å². The Labute approximate surface area is 156 Å². The molecule has 7 heteroatoms. The SMILES string of the molecule is CCC(=O)N(CC1OCCO1)c1cc(-c2ccccc2)sc1C(=O)OC. The van der Waals surface area contributed by atoms with Crippen molar-refractivity contribution in [3.8, 4) is 10.4 Å². The van der Waals surface area contributed by atoms with Gasteiger partial charge >= 0.3 is 5.97 Å². The predicted octanol–water partition coefficient (Wildman–Crippen LogP) is 3.32. The van der Waals surface area contributed by atoms with Crippen LogP contribution in [0.1, 0.15) is 23.0 Å². The van der Waals surface area contributed by atoms with Crippen molar-refractivity contribution in [3.63, 3.8) is 0 Å². The van der Waals surface area contributed by atoms with Gasteiger partial charge in [-0.25, -0.2) is 4.79 Å². The average Bonchev–Trinajstić information content (AvgIpc) is 3.35. The highest BCUT2D eigenvalue weighted by molar-refractivity contribution is 7.18. The van der Waals surface area contributed by atoms with Gasteiger partial charge in [-0.3, -0.25) is 4.79 Å². The van der Waals surface area contributed by atoms with E-state index in [1.54, 1.807) is 11.8 Å². The van der Waals surface area contributed by atoms with Crippen LogP contribution in [0.4, 0.5) is 5.69 Å². The minimum absolute atomic E-state index is 0.105. The number of carbonyl (C=O) groups is 2. The van der Waals surface area contributed by atoms with Crippen molar-refractivity contribution in [2.24, 2.45) is 0 Å². The van der Waals surface area contributed by atoms with Crippen molar-refractivity contribution in [2.75, 3.05) is 31.8 Å². The lowest BCUT2D eigenvalue weighted by Gasteiger charge is -2.24. The molecule has 138 valence electrons. The van der Waals surface area contributed by atoms with E-state index in [1.807, 2.05) is 36.4 Å². The Bertz CT molecular complexity index is 767. The van der Waals surface area contributed by atoms with Crippen molar-refractivity contribution in [1.29, 1.82) is 0 Å². The monoisotopic (exact) mass is 375 g/mol. The largest absolute Gasteiger partial charge is 0.465 e. The summed E-state index contributed by atoms with van der Waals surface area (Å²) in [6.45, 7) is 3.03. The van der Waals surface area contributed by atoms with Crippen LogP contribution in [0.15, 0.2) is 36.4 Å². The van der Waals surface area contributed by atoms with Crippen molar-refractivity contribution in [3.05, 3.63) is 41.3 Å². The maximum Gasteiger partial charge on any atom is 0.350 e. The number of ether oxygens (including phenoxy) is 3. The average molecular weight is 375 g/mol. The van der Waals surface area contributed by atoms with Gasteiger partial charge in [0.25, 0.3) is 0 Å². The number of hydrogen-bond donors (Lipinski definition) is 0. The minimum atomic E-state index is -0.490. The molecule has 0 spiro atoms. The van der Waals surface area contributed by atoms with E-state index in [0.717, 1.165) is 10.4 Å². The van der Waals surface area contributed by atoms with Gasteiger partial charge in [0.05, 0.1) is 32.6 Å². The number of carbonyl (C=O) groups excluding carboxylic acids is 2. The molecule has 0 bridgehead atoms. The number of thiophene rings is 1. The number of benzene rings is 1. The molecule has 26 heavy (non-hydrogen) atoms. The summed E-state index contributed by atoms with van der Waals surface area (Å²) in [6.07, 6.45) is -0.180. The minimum Gasteiger partial charge on any atom is -0.465 e. The Morgan fingerprint density at radius 3 is 2.54 bits per heavy atom. The molecule has 1 aliphatic heterocycles. The normalized spacial score (nSPS) is 14.4. The van der Waals surface area contributed by atoms with Crippen LogP contribution in [0.2, 0.25) is 0 Å². The molecule has 2 heterocycles. The van der Waals surface area contributed by atoms with Gasteiger partial charge in [0.2, 0.25) is 5.91 Å². The van der Waals surface area contributed by atoms with Crippen molar-refractivity contribution in [1.82, 2.24) is 0 Å². The fourth-order valence-electron chi connectivity index (χ4n) is 2.75. The Kier molecular flexibility index (Phi) is 6.03. The second-order valence-corrected chi connectivity index (χ2v) is 6.76.